The van der Waals surface area contributed by atoms with Crippen LogP contribution in [0.5, 0.6) is 5.75 Å². The van der Waals surface area contributed by atoms with E-state index in [4.69, 9.17) is 5.11 Å². The number of phenolic OH excluding ortho intramolecular Hbond substituents is 1. The zero-order valence-electron chi connectivity index (χ0n) is 9.29. The molecule has 1 aromatic heterocycles. The van der Waals surface area contributed by atoms with Crippen LogP contribution in [0.25, 0.3) is 11.3 Å². The lowest BCUT2D eigenvalue weighted by Crippen LogP contribution is -2.07. The Balaban J connectivity index is 2.44. The van der Waals surface area contributed by atoms with Crippen molar-refractivity contribution in [2.45, 2.75) is 6.42 Å². The average molecular weight is 232 g/mol. The van der Waals surface area contributed by atoms with E-state index in [0.717, 1.165) is 0 Å². The van der Waals surface area contributed by atoms with Crippen molar-refractivity contribution in [1.29, 1.82) is 0 Å². The largest absolute Gasteiger partial charge is 0.507 e. The van der Waals surface area contributed by atoms with Gasteiger partial charge in [0.2, 0.25) is 0 Å². The summed E-state index contributed by atoms with van der Waals surface area (Å²) >= 11 is 0. The van der Waals surface area contributed by atoms with E-state index in [-0.39, 0.29) is 12.2 Å². The lowest BCUT2D eigenvalue weighted by Gasteiger charge is -2.06. The molecule has 0 aliphatic rings. The molecule has 0 atom stereocenters. The predicted molar refractivity (Wildman–Crippen MR) is 61.6 cm³/mol. The number of phenols is 1. The van der Waals surface area contributed by atoms with Crippen LogP contribution in [0.1, 0.15) is 5.82 Å². The molecule has 0 saturated heterocycles. The zero-order chi connectivity index (χ0) is 12.4. The van der Waals surface area contributed by atoms with Crippen LogP contribution in [0.4, 0.5) is 0 Å². The normalized spacial score (nSPS) is 10.4. The molecule has 0 radical (unpaired) electrons. The second-order valence-corrected chi connectivity index (χ2v) is 3.71. The summed E-state index contributed by atoms with van der Waals surface area (Å²) in [5.41, 5.74) is 1.33. The van der Waals surface area contributed by atoms with Crippen LogP contribution in [-0.4, -0.2) is 25.7 Å². The minimum Gasteiger partial charge on any atom is -0.507 e. The van der Waals surface area contributed by atoms with Gasteiger partial charge in [0, 0.05) is 12.6 Å². The number of para-hydroxylation sites is 1. The van der Waals surface area contributed by atoms with Gasteiger partial charge in [-0.2, -0.15) is 0 Å². The smallest absolute Gasteiger partial charge is 0.311 e. The molecule has 5 heteroatoms. The molecule has 0 amide bonds. The summed E-state index contributed by atoms with van der Waals surface area (Å²) in [6.45, 7) is 0. The third-order valence-electron chi connectivity index (χ3n) is 2.57. The van der Waals surface area contributed by atoms with Gasteiger partial charge in [0.1, 0.15) is 18.0 Å². The van der Waals surface area contributed by atoms with Crippen molar-refractivity contribution in [3.63, 3.8) is 0 Å². The number of hydrogen-bond donors (Lipinski definition) is 2. The summed E-state index contributed by atoms with van der Waals surface area (Å²) in [5.74, 6) is -0.323. The number of imidazole rings is 1. The molecule has 17 heavy (non-hydrogen) atoms. The average Bonchev–Trinajstić information content (AvgIpc) is 2.61. The van der Waals surface area contributed by atoms with Gasteiger partial charge in [0.25, 0.3) is 0 Å². The summed E-state index contributed by atoms with van der Waals surface area (Å²) in [5, 5.41) is 18.4. The molecule has 5 nitrogen and oxygen atoms in total. The Labute approximate surface area is 98.0 Å². The molecular formula is C12H12N2O3. The zero-order valence-corrected chi connectivity index (χ0v) is 9.29. The van der Waals surface area contributed by atoms with Crippen molar-refractivity contribution in [2.24, 2.45) is 7.05 Å². The first-order chi connectivity index (χ1) is 8.09. The molecule has 0 aliphatic carbocycles. The third kappa shape index (κ3) is 2.13. The minimum atomic E-state index is -0.928. The molecule has 0 unspecified atom stereocenters. The molecule has 0 saturated carbocycles. The van der Waals surface area contributed by atoms with E-state index in [0.29, 0.717) is 17.1 Å². The highest BCUT2D eigenvalue weighted by Crippen LogP contribution is 2.28. The summed E-state index contributed by atoms with van der Waals surface area (Å²) in [6, 6.07) is 6.88. The summed E-state index contributed by atoms with van der Waals surface area (Å²) < 4.78 is 1.67. The lowest BCUT2D eigenvalue weighted by molar-refractivity contribution is -0.136. The van der Waals surface area contributed by atoms with Gasteiger partial charge < -0.3 is 14.8 Å². The fourth-order valence-corrected chi connectivity index (χ4v) is 1.69. The van der Waals surface area contributed by atoms with Gasteiger partial charge in [0.05, 0.1) is 11.9 Å². The van der Waals surface area contributed by atoms with Crippen molar-refractivity contribution in [2.75, 3.05) is 0 Å². The van der Waals surface area contributed by atoms with Gasteiger partial charge >= 0.3 is 5.97 Å². The number of benzene rings is 1. The Morgan fingerprint density at radius 1 is 1.41 bits per heavy atom. The quantitative estimate of drug-likeness (QED) is 0.839. The van der Waals surface area contributed by atoms with E-state index in [1.165, 1.54) is 0 Å². The molecule has 0 aliphatic heterocycles. The number of hydrogen-bond acceptors (Lipinski definition) is 3. The number of nitrogens with zero attached hydrogens (tertiary/aromatic N) is 2. The number of aromatic nitrogens is 2. The Hall–Kier alpha value is -2.30. The van der Waals surface area contributed by atoms with Gasteiger partial charge in [0.15, 0.2) is 0 Å². The standard InChI is InChI=1S/C12H12N2O3/c1-14-9(7-13-11(14)6-12(16)17)8-4-2-3-5-10(8)15/h2-5,7,15H,6H2,1H3,(H,16,17). The first kappa shape index (κ1) is 11.2. The van der Waals surface area contributed by atoms with Crippen molar-refractivity contribution in [3.8, 4) is 17.0 Å². The lowest BCUT2D eigenvalue weighted by atomic mass is 10.1. The highest BCUT2D eigenvalue weighted by atomic mass is 16.4. The highest BCUT2D eigenvalue weighted by Gasteiger charge is 2.13. The van der Waals surface area contributed by atoms with E-state index in [1.54, 1.807) is 42.1 Å². The summed E-state index contributed by atoms with van der Waals surface area (Å²) in [6.07, 6.45) is 1.43. The first-order valence-corrected chi connectivity index (χ1v) is 5.10. The number of aromatic hydroxyl groups is 1. The van der Waals surface area contributed by atoms with Crippen molar-refractivity contribution in [3.05, 3.63) is 36.3 Å². The highest BCUT2D eigenvalue weighted by molar-refractivity contribution is 5.71. The second-order valence-electron chi connectivity index (χ2n) is 3.71. The Morgan fingerprint density at radius 3 is 2.76 bits per heavy atom. The molecule has 2 aromatic rings. The predicted octanol–water partition coefficient (Wildman–Crippen LogP) is 1.42. The van der Waals surface area contributed by atoms with Gasteiger partial charge in [-0.3, -0.25) is 4.79 Å². The molecule has 0 spiro atoms. The third-order valence-corrected chi connectivity index (χ3v) is 2.57. The second kappa shape index (κ2) is 4.29. The molecule has 0 fully saturated rings. The number of carboxylic acid groups (broad SMARTS) is 1. The van der Waals surface area contributed by atoms with Crippen LogP contribution in [0.2, 0.25) is 0 Å². The fraction of sp³-hybridized carbons (Fsp3) is 0.167. The monoisotopic (exact) mass is 232 g/mol. The maximum Gasteiger partial charge on any atom is 0.311 e. The van der Waals surface area contributed by atoms with Gasteiger partial charge in [-0.1, -0.05) is 12.1 Å². The van der Waals surface area contributed by atoms with Crippen LogP contribution in [0.3, 0.4) is 0 Å². The van der Waals surface area contributed by atoms with E-state index in [1.807, 2.05) is 0 Å². The van der Waals surface area contributed by atoms with Crippen molar-refractivity contribution < 1.29 is 15.0 Å². The molecule has 1 aromatic carbocycles. The van der Waals surface area contributed by atoms with Crippen molar-refractivity contribution >= 4 is 5.97 Å². The van der Waals surface area contributed by atoms with Gasteiger partial charge in [-0.15, -0.1) is 0 Å². The first-order valence-electron chi connectivity index (χ1n) is 5.10. The Bertz CT molecular complexity index is 561. The van der Waals surface area contributed by atoms with Crippen LogP contribution < -0.4 is 0 Å². The maximum absolute atomic E-state index is 10.6. The van der Waals surface area contributed by atoms with Crippen LogP contribution in [0.15, 0.2) is 30.5 Å². The van der Waals surface area contributed by atoms with Crippen LogP contribution >= 0.6 is 0 Å². The van der Waals surface area contributed by atoms with Gasteiger partial charge in [-0.25, -0.2) is 4.98 Å². The SMILES string of the molecule is Cn1c(-c2ccccc2O)cnc1CC(=O)O. The molecule has 2 N–H and O–H groups in total. The topological polar surface area (TPSA) is 75.3 Å². The van der Waals surface area contributed by atoms with Crippen LogP contribution in [-0.2, 0) is 18.3 Å². The van der Waals surface area contributed by atoms with E-state index >= 15 is 0 Å². The Kier molecular flexibility index (Phi) is 2.82. The fourth-order valence-electron chi connectivity index (χ4n) is 1.69. The van der Waals surface area contributed by atoms with Crippen LogP contribution in [0, 0.1) is 0 Å². The molecule has 0 bridgehead atoms. The van der Waals surface area contributed by atoms with Crippen molar-refractivity contribution in [1.82, 2.24) is 9.55 Å². The number of carbonyl (C=O) groups is 1. The molecule has 2 rings (SSSR count). The van der Waals surface area contributed by atoms with E-state index in [9.17, 15) is 9.90 Å². The minimum absolute atomic E-state index is 0.135. The molecular weight excluding hydrogens is 220 g/mol. The molecule has 1 heterocycles. The Morgan fingerprint density at radius 2 is 2.12 bits per heavy atom. The number of carboxylic acids is 1. The van der Waals surface area contributed by atoms with E-state index in [2.05, 4.69) is 4.98 Å². The number of aliphatic carboxylic acids is 1. The maximum atomic E-state index is 10.6. The van der Waals surface area contributed by atoms with Gasteiger partial charge in [-0.05, 0) is 12.1 Å². The van der Waals surface area contributed by atoms with E-state index < -0.39 is 5.97 Å². The number of rotatable bonds is 3. The molecule has 88 valence electrons. The summed E-state index contributed by atoms with van der Waals surface area (Å²) in [7, 11) is 1.73. The summed E-state index contributed by atoms with van der Waals surface area (Å²) in [4.78, 5) is 14.7.